The van der Waals surface area contributed by atoms with E-state index in [1.54, 1.807) is 13.8 Å². The highest BCUT2D eigenvalue weighted by Crippen LogP contribution is 2.06. The van der Waals surface area contributed by atoms with Gasteiger partial charge in [0, 0.05) is 25.2 Å². The summed E-state index contributed by atoms with van der Waals surface area (Å²) >= 11 is 0. The largest absolute Gasteiger partial charge is 0.481 e. The van der Waals surface area contributed by atoms with Crippen LogP contribution in [0.25, 0.3) is 0 Å². The summed E-state index contributed by atoms with van der Waals surface area (Å²) in [5, 5.41) is 8.60. The Morgan fingerprint density at radius 1 is 1.35 bits per heavy atom. The summed E-state index contributed by atoms with van der Waals surface area (Å²) in [4.78, 5) is 50.8. The van der Waals surface area contributed by atoms with Crippen LogP contribution in [0.4, 0.5) is 0 Å². The summed E-state index contributed by atoms with van der Waals surface area (Å²) in [5.74, 6) is -1.48. The number of hydrogen-bond donors (Lipinski definition) is 3. The topological polar surface area (TPSA) is 123 Å². The fourth-order valence-corrected chi connectivity index (χ4v) is 1.72. The average Bonchev–Trinajstić information content (AvgIpc) is 2.33. The van der Waals surface area contributed by atoms with Gasteiger partial charge in [-0.3, -0.25) is 19.4 Å². The SMILES string of the molecule is CC(C)N(CCCC(=O)O)C(=O)c1c[nH]c(=O)[nH]c1=O. The van der Waals surface area contributed by atoms with Gasteiger partial charge in [0.1, 0.15) is 5.56 Å². The summed E-state index contributed by atoms with van der Waals surface area (Å²) in [5.41, 5.74) is -1.62. The Labute approximate surface area is 114 Å². The molecule has 0 aliphatic heterocycles. The Hall–Kier alpha value is -2.38. The molecule has 0 fully saturated rings. The van der Waals surface area contributed by atoms with Crippen molar-refractivity contribution in [2.45, 2.75) is 32.7 Å². The number of aliphatic carboxylic acids is 1. The molecule has 0 radical (unpaired) electrons. The number of nitrogens with zero attached hydrogens (tertiary/aromatic N) is 1. The van der Waals surface area contributed by atoms with E-state index in [9.17, 15) is 19.2 Å². The Bertz CT molecular complexity index is 602. The third kappa shape index (κ3) is 4.08. The number of hydrogen-bond acceptors (Lipinski definition) is 4. The first kappa shape index (κ1) is 15.7. The minimum absolute atomic E-state index is 0.0571. The second-order valence-electron chi connectivity index (χ2n) is 4.58. The van der Waals surface area contributed by atoms with Crippen molar-refractivity contribution in [3.8, 4) is 0 Å². The maximum absolute atomic E-state index is 12.2. The fourth-order valence-electron chi connectivity index (χ4n) is 1.72. The summed E-state index contributed by atoms with van der Waals surface area (Å²) in [6.45, 7) is 3.75. The van der Waals surface area contributed by atoms with Crippen molar-refractivity contribution in [2.75, 3.05) is 6.54 Å². The minimum atomic E-state index is -0.942. The van der Waals surface area contributed by atoms with E-state index in [4.69, 9.17) is 5.11 Å². The van der Waals surface area contributed by atoms with Gasteiger partial charge in [-0.25, -0.2) is 4.79 Å². The van der Waals surface area contributed by atoms with Crippen LogP contribution in [0.3, 0.4) is 0 Å². The molecule has 1 aromatic heterocycles. The van der Waals surface area contributed by atoms with Gasteiger partial charge in [0.15, 0.2) is 0 Å². The smallest absolute Gasteiger partial charge is 0.325 e. The molecule has 0 unspecified atom stereocenters. The lowest BCUT2D eigenvalue weighted by atomic mass is 10.2. The number of aromatic amines is 2. The third-order valence-electron chi connectivity index (χ3n) is 2.72. The van der Waals surface area contributed by atoms with Gasteiger partial charge in [-0.15, -0.1) is 0 Å². The summed E-state index contributed by atoms with van der Waals surface area (Å²) in [7, 11) is 0. The summed E-state index contributed by atoms with van der Waals surface area (Å²) in [6, 6.07) is -0.192. The number of nitrogens with one attached hydrogen (secondary N) is 2. The molecule has 3 N–H and O–H groups in total. The van der Waals surface area contributed by atoms with Crippen molar-refractivity contribution in [3.05, 3.63) is 32.6 Å². The van der Waals surface area contributed by atoms with E-state index in [1.807, 2.05) is 4.98 Å². The number of H-pyrrole nitrogens is 2. The second-order valence-corrected chi connectivity index (χ2v) is 4.58. The molecule has 1 heterocycles. The summed E-state index contributed by atoms with van der Waals surface area (Å²) in [6.07, 6.45) is 1.30. The lowest BCUT2D eigenvalue weighted by Crippen LogP contribution is -2.41. The number of carbonyl (C=O) groups is 2. The molecular formula is C12H17N3O5. The number of carbonyl (C=O) groups excluding carboxylic acids is 1. The molecule has 0 bridgehead atoms. The van der Waals surface area contributed by atoms with Gasteiger partial charge in [-0.1, -0.05) is 0 Å². The van der Waals surface area contributed by atoms with Crippen molar-refractivity contribution < 1.29 is 14.7 Å². The lowest BCUT2D eigenvalue weighted by Gasteiger charge is -2.26. The molecule has 20 heavy (non-hydrogen) atoms. The highest BCUT2D eigenvalue weighted by molar-refractivity contribution is 5.93. The monoisotopic (exact) mass is 283 g/mol. The Morgan fingerprint density at radius 2 is 2.00 bits per heavy atom. The number of carboxylic acid groups (broad SMARTS) is 1. The Balaban J connectivity index is 2.91. The normalized spacial score (nSPS) is 10.6. The third-order valence-corrected chi connectivity index (χ3v) is 2.72. The van der Waals surface area contributed by atoms with Crippen molar-refractivity contribution in [1.82, 2.24) is 14.9 Å². The zero-order chi connectivity index (χ0) is 15.3. The van der Waals surface area contributed by atoms with Gasteiger partial charge in [-0.2, -0.15) is 0 Å². The Kier molecular flexibility index (Phi) is 5.24. The molecule has 0 spiro atoms. The Morgan fingerprint density at radius 3 is 2.50 bits per heavy atom. The molecule has 1 amide bonds. The zero-order valence-corrected chi connectivity index (χ0v) is 11.3. The van der Waals surface area contributed by atoms with Crippen molar-refractivity contribution in [1.29, 1.82) is 0 Å². The van der Waals surface area contributed by atoms with E-state index in [0.717, 1.165) is 6.20 Å². The van der Waals surface area contributed by atoms with Gasteiger partial charge >= 0.3 is 11.7 Å². The van der Waals surface area contributed by atoms with Crippen molar-refractivity contribution >= 4 is 11.9 Å². The second kappa shape index (κ2) is 6.69. The van der Waals surface area contributed by atoms with E-state index in [-0.39, 0.29) is 24.6 Å². The van der Waals surface area contributed by atoms with Crippen LogP contribution < -0.4 is 11.2 Å². The molecule has 0 aromatic carbocycles. The van der Waals surface area contributed by atoms with E-state index < -0.39 is 23.1 Å². The molecule has 0 saturated carbocycles. The van der Waals surface area contributed by atoms with Crippen LogP contribution in [-0.2, 0) is 4.79 Å². The highest BCUT2D eigenvalue weighted by Gasteiger charge is 2.21. The maximum Gasteiger partial charge on any atom is 0.325 e. The number of rotatable bonds is 6. The first-order chi connectivity index (χ1) is 9.32. The highest BCUT2D eigenvalue weighted by atomic mass is 16.4. The quantitative estimate of drug-likeness (QED) is 0.666. The van der Waals surface area contributed by atoms with Crippen LogP contribution >= 0.6 is 0 Å². The van der Waals surface area contributed by atoms with Crippen LogP contribution in [0.15, 0.2) is 15.8 Å². The van der Waals surface area contributed by atoms with E-state index in [0.29, 0.717) is 6.42 Å². The average molecular weight is 283 g/mol. The van der Waals surface area contributed by atoms with Crippen LogP contribution in [0.1, 0.15) is 37.0 Å². The minimum Gasteiger partial charge on any atom is -0.481 e. The van der Waals surface area contributed by atoms with Crippen LogP contribution in [-0.4, -0.2) is 44.4 Å². The van der Waals surface area contributed by atoms with E-state index in [2.05, 4.69) is 4.98 Å². The van der Waals surface area contributed by atoms with Crippen molar-refractivity contribution in [2.24, 2.45) is 0 Å². The van der Waals surface area contributed by atoms with Crippen LogP contribution in [0.5, 0.6) is 0 Å². The molecule has 1 rings (SSSR count). The van der Waals surface area contributed by atoms with Gasteiger partial charge in [0.05, 0.1) is 0 Å². The number of amides is 1. The fraction of sp³-hybridized carbons (Fsp3) is 0.500. The maximum atomic E-state index is 12.2. The van der Waals surface area contributed by atoms with Crippen LogP contribution in [0.2, 0.25) is 0 Å². The molecule has 0 aliphatic rings. The molecule has 110 valence electrons. The first-order valence-electron chi connectivity index (χ1n) is 6.17. The van der Waals surface area contributed by atoms with Gasteiger partial charge < -0.3 is 15.0 Å². The number of aromatic nitrogens is 2. The van der Waals surface area contributed by atoms with Crippen LogP contribution in [0, 0.1) is 0 Å². The van der Waals surface area contributed by atoms with Crippen molar-refractivity contribution in [3.63, 3.8) is 0 Å². The standard InChI is InChI=1S/C12H17N3O5/c1-7(2)15(5-3-4-9(16)17)11(19)8-6-13-12(20)14-10(8)18/h6-7H,3-5H2,1-2H3,(H,16,17)(H2,13,14,18,20). The molecule has 0 saturated heterocycles. The predicted molar refractivity (Wildman–Crippen MR) is 70.7 cm³/mol. The molecule has 1 aromatic rings. The lowest BCUT2D eigenvalue weighted by molar-refractivity contribution is -0.137. The van der Waals surface area contributed by atoms with E-state index in [1.165, 1.54) is 4.90 Å². The first-order valence-corrected chi connectivity index (χ1v) is 6.17. The predicted octanol–water partition coefficient (Wildman–Crippen LogP) is -0.221. The zero-order valence-electron chi connectivity index (χ0n) is 11.3. The molecule has 8 nitrogen and oxygen atoms in total. The van der Waals surface area contributed by atoms with Gasteiger partial charge in [0.2, 0.25) is 0 Å². The van der Waals surface area contributed by atoms with E-state index >= 15 is 0 Å². The molecule has 8 heteroatoms. The summed E-state index contributed by atoms with van der Waals surface area (Å²) < 4.78 is 0. The molecule has 0 aliphatic carbocycles. The number of carboxylic acids is 1. The van der Waals surface area contributed by atoms with Gasteiger partial charge in [-0.05, 0) is 20.3 Å². The molecule has 0 atom stereocenters. The molecular weight excluding hydrogens is 266 g/mol. The van der Waals surface area contributed by atoms with Gasteiger partial charge in [0.25, 0.3) is 11.5 Å².